The smallest absolute Gasteiger partial charge is 0.246 e. The molecule has 4 nitrogen and oxygen atoms in total. The third kappa shape index (κ3) is 2.59. The molecule has 7 heteroatoms. The van der Waals surface area contributed by atoms with Gasteiger partial charge in [-0.05, 0) is 25.1 Å². The van der Waals surface area contributed by atoms with Gasteiger partial charge in [0.25, 0.3) is 0 Å². The second-order valence-electron chi connectivity index (χ2n) is 4.11. The topological polar surface area (TPSA) is 46.6 Å². The summed E-state index contributed by atoms with van der Waals surface area (Å²) in [5.41, 5.74) is 0. The van der Waals surface area contributed by atoms with Crippen LogP contribution in [0, 0.1) is 5.82 Å². The lowest BCUT2D eigenvalue weighted by Crippen LogP contribution is -2.47. The Labute approximate surface area is 114 Å². The van der Waals surface area contributed by atoms with E-state index < -0.39 is 15.8 Å². The van der Waals surface area contributed by atoms with Crippen LogP contribution >= 0.6 is 15.9 Å². The summed E-state index contributed by atoms with van der Waals surface area (Å²) < 4.78 is 45.4. The van der Waals surface area contributed by atoms with Crippen molar-refractivity contribution in [1.29, 1.82) is 0 Å². The van der Waals surface area contributed by atoms with Crippen molar-refractivity contribution in [2.24, 2.45) is 0 Å². The van der Waals surface area contributed by atoms with Crippen molar-refractivity contribution >= 4 is 26.0 Å². The van der Waals surface area contributed by atoms with Crippen LogP contribution in [0.3, 0.4) is 0 Å². The first-order valence-electron chi connectivity index (χ1n) is 5.47. The third-order valence-electron chi connectivity index (χ3n) is 2.79. The molecule has 1 aromatic rings. The minimum absolute atomic E-state index is 0.249. The fourth-order valence-electron chi connectivity index (χ4n) is 1.88. The van der Waals surface area contributed by atoms with Gasteiger partial charge in [-0.25, -0.2) is 12.8 Å². The van der Waals surface area contributed by atoms with E-state index in [0.717, 1.165) is 6.07 Å². The maximum Gasteiger partial charge on any atom is 0.246 e. The molecule has 1 unspecified atom stereocenters. The molecule has 0 N–H and O–H groups in total. The molecule has 0 spiro atoms. The van der Waals surface area contributed by atoms with Crippen molar-refractivity contribution in [3.8, 4) is 0 Å². The first kappa shape index (κ1) is 13.9. The van der Waals surface area contributed by atoms with Crippen molar-refractivity contribution in [2.75, 3.05) is 19.8 Å². The highest BCUT2D eigenvalue weighted by atomic mass is 79.9. The summed E-state index contributed by atoms with van der Waals surface area (Å²) in [5, 5.41) is 0. The Kier molecular flexibility index (Phi) is 4.05. The van der Waals surface area contributed by atoms with E-state index in [1.54, 1.807) is 6.92 Å². The van der Waals surface area contributed by atoms with Gasteiger partial charge >= 0.3 is 0 Å². The molecule has 0 bridgehead atoms. The van der Waals surface area contributed by atoms with E-state index in [1.807, 2.05) is 0 Å². The lowest BCUT2D eigenvalue weighted by molar-refractivity contribution is 0.0392. The van der Waals surface area contributed by atoms with Crippen LogP contribution in [-0.2, 0) is 14.8 Å². The Morgan fingerprint density at radius 3 is 2.83 bits per heavy atom. The normalized spacial score (nSPS) is 22.1. The fraction of sp³-hybridized carbons (Fsp3) is 0.455. The van der Waals surface area contributed by atoms with E-state index >= 15 is 0 Å². The van der Waals surface area contributed by atoms with Crippen LogP contribution in [0.4, 0.5) is 4.39 Å². The molecule has 18 heavy (non-hydrogen) atoms. The third-order valence-corrected chi connectivity index (χ3v) is 5.33. The molecule has 1 aromatic carbocycles. The molecule has 0 radical (unpaired) electrons. The first-order chi connectivity index (χ1) is 8.43. The number of halogens is 2. The van der Waals surface area contributed by atoms with Crippen LogP contribution in [0.25, 0.3) is 0 Å². The van der Waals surface area contributed by atoms with Gasteiger partial charge in [-0.2, -0.15) is 4.31 Å². The molecule has 1 fully saturated rings. The van der Waals surface area contributed by atoms with Gasteiger partial charge in [-0.3, -0.25) is 0 Å². The van der Waals surface area contributed by atoms with E-state index in [1.165, 1.54) is 16.4 Å². The van der Waals surface area contributed by atoms with E-state index in [2.05, 4.69) is 15.9 Å². The molecule has 1 aliphatic rings. The maximum atomic E-state index is 13.8. The highest BCUT2D eigenvalue weighted by Crippen LogP contribution is 2.25. The van der Waals surface area contributed by atoms with Crippen molar-refractivity contribution in [2.45, 2.75) is 17.9 Å². The van der Waals surface area contributed by atoms with Crippen molar-refractivity contribution < 1.29 is 17.5 Å². The average molecular weight is 338 g/mol. The minimum Gasteiger partial charge on any atom is -0.378 e. The molecule has 0 saturated carbocycles. The number of sulfonamides is 1. The Morgan fingerprint density at radius 1 is 1.50 bits per heavy atom. The number of hydrogen-bond acceptors (Lipinski definition) is 3. The van der Waals surface area contributed by atoms with Gasteiger partial charge in [0.2, 0.25) is 10.0 Å². The molecule has 0 amide bonds. The van der Waals surface area contributed by atoms with Crippen LogP contribution in [-0.4, -0.2) is 38.5 Å². The van der Waals surface area contributed by atoms with Gasteiger partial charge in [0.05, 0.1) is 13.2 Å². The van der Waals surface area contributed by atoms with Crippen molar-refractivity contribution in [3.63, 3.8) is 0 Å². The van der Waals surface area contributed by atoms with Crippen LogP contribution < -0.4 is 0 Å². The number of hydrogen-bond donors (Lipinski definition) is 0. The number of nitrogens with zero attached hydrogens (tertiary/aromatic N) is 1. The largest absolute Gasteiger partial charge is 0.378 e. The number of ether oxygens (including phenoxy) is 1. The second-order valence-corrected chi connectivity index (χ2v) is 6.89. The maximum absolute atomic E-state index is 13.8. The van der Waals surface area contributed by atoms with Gasteiger partial charge in [0, 0.05) is 17.1 Å². The summed E-state index contributed by atoms with van der Waals surface area (Å²) in [7, 11) is -3.80. The monoisotopic (exact) mass is 337 g/mol. The lowest BCUT2D eigenvalue weighted by atomic mass is 10.3. The van der Waals surface area contributed by atoms with Gasteiger partial charge in [-0.1, -0.05) is 15.9 Å². The molecule has 0 aliphatic carbocycles. The lowest BCUT2D eigenvalue weighted by Gasteiger charge is -2.32. The first-order valence-corrected chi connectivity index (χ1v) is 7.71. The van der Waals surface area contributed by atoms with Crippen molar-refractivity contribution in [1.82, 2.24) is 4.31 Å². The average Bonchev–Trinajstić information content (AvgIpc) is 2.28. The molecule has 1 saturated heterocycles. The van der Waals surface area contributed by atoms with E-state index in [4.69, 9.17) is 4.74 Å². The molecule has 1 aliphatic heterocycles. The SMILES string of the molecule is CC1COCCN1S(=O)(=O)c1ccc(Br)cc1F. The Bertz CT molecular complexity index is 549. The summed E-state index contributed by atoms with van der Waals surface area (Å²) in [4.78, 5) is -0.292. The highest BCUT2D eigenvalue weighted by Gasteiger charge is 2.33. The molecule has 100 valence electrons. The van der Waals surface area contributed by atoms with Gasteiger partial charge in [0.15, 0.2) is 0 Å². The van der Waals surface area contributed by atoms with Crippen LogP contribution in [0.15, 0.2) is 27.6 Å². The molecular formula is C11H13BrFNO3S. The Morgan fingerprint density at radius 2 is 2.22 bits per heavy atom. The van der Waals surface area contributed by atoms with E-state index in [9.17, 15) is 12.8 Å². The van der Waals surface area contributed by atoms with E-state index in [0.29, 0.717) is 17.7 Å². The van der Waals surface area contributed by atoms with Gasteiger partial charge in [0.1, 0.15) is 10.7 Å². The zero-order chi connectivity index (χ0) is 13.3. The standard InChI is InChI=1S/C11H13BrFNO3S/c1-8-7-17-5-4-14(8)18(15,16)11-3-2-9(12)6-10(11)13/h2-3,6,8H,4-5,7H2,1H3. The van der Waals surface area contributed by atoms with Crippen LogP contribution in [0.2, 0.25) is 0 Å². The number of benzene rings is 1. The predicted octanol–water partition coefficient (Wildman–Crippen LogP) is 2.00. The number of rotatable bonds is 2. The fourth-order valence-corrected chi connectivity index (χ4v) is 3.86. The second kappa shape index (κ2) is 5.24. The van der Waals surface area contributed by atoms with Crippen LogP contribution in [0.5, 0.6) is 0 Å². The van der Waals surface area contributed by atoms with Crippen molar-refractivity contribution in [3.05, 3.63) is 28.5 Å². The van der Waals surface area contributed by atoms with Gasteiger partial charge in [-0.15, -0.1) is 0 Å². The molecule has 1 atom stereocenters. The van der Waals surface area contributed by atoms with Crippen LogP contribution in [0.1, 0.15) is 6.92 Å². The summed E-state index contributed by atoms with van der Waals surface area (Å²) in [6.45, 7) is 2.66. The summed E-state index contributed by atoms with van der Waals surface area (Å²) in [6, 6.07) is 3.66. The summed E-state index contributed by atoms with van der Waals surface area (Å²) >= 11 is 3.10. The summed E-state index contributed by atoms with van der Waals surface area (Å²) in [6.07, 6.45) is 0. The highest BCUT2D eigenvalue weighted by molar-refractivity contribution is 9.10. The number of morpholine rings is 1. The molecule has 2 rings (SSSR count). The van der Waals surface area contributed by atoms with E-state index in [-0.39, 0.29) is 17.5 Å². The zero-order valence-electron chi connectivity index (χ0n) is 9.77. The molecule has 1 heterocycles. The molecular weight excluding hydrogens is 325 g/mol. The zero-order valence-corrected chi connectivity index (χ0v) is 12.2. The minimum atomic E-state index is -3.80. The molecule has 0 aromatic heterocycles. The van der Waals surface area contributed by atoms with Gasteiger partial charge < -0.3 is 4.74 Å². The summed E-state index contributed by atoms with van der Waals surface area (Å²) in [5.74, 6) is -0.747. The predicted molar refractivity (Wildman–Crippen MR) is 68.3 cm³/mol. The Hall–Kier alpha value is -0.500. The quantitative estimate of drug-likeness (QED) is 0.829. The Balaban J connectivity index is 2.41.